The molecule has 1 aromatic carbocycles. The van der Waals surface area contributed by atoms with Crippen LogP contribution in [0.1, 0.15) is 45.8 Å². The number of imidazole rings is 1. The molecule has 3 aromatic rings. The van der Waals surface area contributed by atoms with Crippen molar-refractivity contribution in [2.45, 2.75) is 31.6 Å². The summed E-state index contributed by atoms with van der Waals surface area (Å²) in [6.07, 6.45) is 5.49. The van der Waals surface area contributed by atoms with Crippen molar-refractivity contribution in [1.29, 1.82) is 0 Å². The summed E-state index contributed by atoms with van der Waals surface area (Å²) < 4.78 is 3.06. The van der Waals surface area contributed by atoms with Gasteiger partial charge in [0.15, 0.2) is 0 Å². The second kappa shape index (κ2) is 8.34. The first-order chi connectivity index (χ1) is 12.0. The number of aromatic nitrogens is 2. The Morgan fingerprint density at radius 3 is 2.68 bits per heavy atom. The molecule has 0 bridgehead atoms. The first-order valence-corrected chi connectivity index (χ1v) is 10.6. The molecule has 3 rings (SSSR count). The lowest BCUT2D eigenvalue weighted by Crippen LogP contribution is -2.08. The van der Waals surface area contributed by atoms with Gasteiger partial charge in [-0.05, 0) is 40.6 Å². The summed E-state index contributed by atoms with van der Waals surface area (Å²) in [5, 5.41) is 2.19. The average molecular weight is 435 g/mol. The molecule has 0 saturated heterocycles. The smallest absolute Gasteiger partial charge is 0.230 e. The molecule has 0 saturated carbocycles. The van der Waals surface area contributed by atoms with Crippen LogP contribution in [0.5, 0.6) is 0 Å². The lowest BCUT2D eigenvalue weighted by Gasteiger charge is -2.17. The first-order valence-electron chi connectivity index (χ1n) is 8.04. The van der Waals surface area contributed by atoms with E-state index in [4.69, 9.17) is 0 Å². The summed E-state index contributed by atoms with van der Waals surface area (Å²) in [7, 11) is 0. The summed E-state index contributed by atoms with van der Waals surface area (Å²) in [5.41, 5.74) is 2.28. The van der Waals surface area contributed by atoms with E-state index in [1.54, 1.807) is 12.5 Å². The highest BCUT2D eigenvalue weighted by Gasteiger charge is 2.22. The Labute approximate surface area is 164 Å². The molecule has 0 fully saturated rings. The number of carbonyl (C=O) groups is 1. The number of nitrogens with zero attached hydrogens (tertiary/aromatic N) is 2. The zero-order chi connectivity index (χ0) is 17.8. The van der Waals surface area contributed by atoms with Crippen LogP contribution >= 0.6 is 39.0 Å². The average Bonchev–Trinajstić information content (AvgIpc) is 3.26. The van der Waals surface area contributed by atoms with Gasteiger partial charge in [-0.25, -0.2) is 4.98 Å². The zero-order valence-electron chi connectivity index (χ0n) is 14.1. The maximum absolute atomic E-state index is 12.9. The third-order valence-electron chi connectivity index (χ3n) is 3.93. The van der Waals surface area contributed by atoms with Crippen LogP contribution in [0.3, 0.4) is 0 Å². The van der Waals surface area contributed by atoms with Crippen LogP contribution in [0.25, 0.3) is 0 Å². The predicted octanol–water partition coefficient (Wildman–Crippen LogP) is 6.15. The van der Waals surface area contributed by atoms with Gasteiger partial charge in [-0.15, -0.1) is 11.3 Å². The predicted molar refractivity (Wildman–Crippen MR) is 109 cm³/mol. The second-order valence-corrected chi connectivity index (χ2v) is 9.07. The summed E-state index contributed by atoms with van der Waals surface area (Å²) in [4.78, 5) is 17.9. The second-order valence-electron chi connectivity index (χ2n) is 6.06. The molecule has 0 aliphatic carbocycles. The number of thioether (sulfide) groups is 1. The molecule has 0 spiro atoms. The molecule has 2 aromatic heterocycles. The van der Waals surface area contributed by atoms with Crippen molar-refractivity contribution in [2.24, 2.45) is 0 Å². The molecule has 2 heterocycles. The topological polar surface area (TPSA) is 34.9 Å². The van der Waals surface area contributed by atoms with Gasteiger partial charge in [-0.3, -0.25) is 4.79 Å². The molecule has 1 unspecified atom stereocenters. The van der Waals surface area contributed by atoms with Gasteiger partial charge < -0.3 is 4.57 Å². The molecule has 130 valence electrons. The number of hydrogen-bond donors (Lipinski definition) is 0. The third kappa shape index (κ3) is 4.63. The molecule has 1 atom stereocenters. The minimum atomic E-state index is 0.0388. The molecule has 0 aliphatic heterocycles. The molecule has 3 nitrogen and oxygen atoms in total. The fourth-order valence-corrected chi connectivity index (χ4v) is 5.06. The molecule has 0 N–H and O–H groups in total. The van der Waals surface area contributed by atoms with Gasteiger partial charge in [0.25, 0.3) is 0 Å². The van der Waals surface area contributed by atoms with Crippen LogP contribution in [0.4, 0.5) is 0 Å². The molecular weight excluding hydrogens is 416 g/mol. The van der Waals surface area contributed by atoms with Crippen molar-refractivity contribution < 1.29 is 4.79 Å². The Balaban J connectivity index is 1.85. The largest absolute Gasteiger partial charge is 0.336 e. The van der Waals surface area contributed by atoms with Gasteiger partial charge in [0.2, 0.25) is 5.12 Å². The van der Waals surface area contributed by atoms with Crippen LogP contribution in [0, 0.1) is 0 Å². The van der Waals surface area contributed by atoms with Crippen LogP contribution in [0.2, 0.25) is 0 Å². The highest BCUT2D eigenvalue weighted by molar-refractivity contribution is 9.10. The number of thiophene rings is 1. The lowest BCUT2D eigenvalue weighted by atomic mass is 10.1. The summed E-state index contributed by atoms with van der Waals surface area (Å²) in [6.45, 7) is 4.96. The highest BCUT2D eigenvalue weighted by atomic mass is 79.9. The highest BCUT2D eigenvalue weighted by Crippen LogP contribution is 2.37. The maximum Gasteiger partial charge on any atom is 0.230 e. The number of rotatable bonds is 6. The monoisotopic (exact) mass is 434 g/mol. The first kappa shape index (κ1) is 18.4. The number of halogens is 1. The number of benzene rings is 1. The van der Waals surface area contributed by atoms with Crippen molar-refractivity contribution in [3.05, 3.63) is 74.9 Å². The molecule has 0 aliphatic rings. The van der Waals surface area contributed by atoms with E-state index in [-0.39, 0.29) is 10.4 Å². The van der Waals surface area contributed by atoms with Crippen LogP contribution < -0.4 is 0 Å². The minimum absolute atomic E-state index is 0.0388. The van der Waals surface area contributed by atoms with Crippen molar-refractivity contribution >= 4 is 44.1 Å². The van der Waals surface area contributed by atoms with E-state index in [1.807, 2.05) is 28.3 Å². The Kier molecular flexibility index (Phi) is 6.15. The van der Waals surface area contributed by atoms with E-state index in [9.17, 15) is 4.79 Å². The van der Waals surface area contributed by atoms with Gasteiger partial charge in [0.05, 0.1) is 16.5 Å². The molecule has 6 heteroatoms. The van der Waals surface area contributed by atoms with Gasteiger partial charge in [-0.2, -0.15) is 0 Å². The van der Waals surface area contributed by atoms with Crippen LogP contribution in [-0.2, 0) is 6.54 Å². The van der Waals surface area contributed by atoms with E-state index in [2.05, 4.69) is 53.0 Å². The normalized spacial score (nSPS) is 12.5. The Bertz CT molecular complexity index is 825. The van der Waals surface area contributed by atoms with Crippen LogP contribution in [0.15, 0.2) is 58.9 Å². The number of carbonyl (C=O) groups excluding carboxylic acids is 1. The van der Waals surface area contributed by atoms with Gasteiger partial charge >= 0.3 is 0 Å². The van der Waals surface area contributed by atoms with Crippen molar-refractivity contribution in [3.63, 3.8) is 0 Å². The van der Waals surface area contributed by atoms with Gasteiger partial charge in [0, 0.05) is 23.4 Å². The van der Waals surface area contributed by atoms with Gasteiger partial charge in [0.1, 0.15) is 0 Å². The van der Waals surface area contributed by atoms with Gasteiger partial charge in [-0.1, -0.05) is 53.7 Å². The Morgan fingerprint density at radius 2 is 2.04 bits per heavy atom. The summed E-state index contributed by atoms with van der Waals surface area (Å²) in [5.74, 6) is 0.352. The van der Waals surface area contributed by atoms with E-state index >= 15 is 0 Å². The van der Waals surface area contributed by atoms with E-state index in [0.717, 1.165) is 20.5 Å². The number of hydrogen-bond acceptors (Lipinski definition) is 4. The van der Waals surface area contributed by atoms with Crippen molar-refractivity contribution in [3.8, 4) is 0 Å². The molecule has 0 radical (unpaired) electrons. The van der Waals surface area contributed by atoms with Crippen molar-refractivity contribution in [1.82, 2.24) is 9.55 Å². The van der Waals surface area contributed by atoms with Crippen molar-refractivity contribution in [2.75, 3.05) is 0 Å². The van der Waals surface area contributed by atoms with Crippen LogP contribution in [-0.4, -0.2) is 14.7 Å². The Morgan fingerprint density at radius 1 is 1.28 bits per heavy atom. The third-order valence-corrected chi connectivity index (χ3v) is 6.64. The lowest BCUT2D eigenvalue weighted by molar-refractivity contribution is 0.109. The zero-order valence-corrected chi connectivity index (χ0v) is 17.3. The summed E-state index contributed by atoms with van der Waals surface area (Å²) in [6, 6.07) is 10.2. The summed E-state index contributed by atoms with van der Waals surface area (Å²) >= 11 is 6.41. The maximum atomic E-state index is 12.9. The standard InChI is InChI=1S/C19H19BrN2OS2/c1-13(2)16-7-10-24-18(16)19(23)25-17(11-22-9-8-21-12-22)14-3-5-15(20)6-4-14/h3-10,12-13,17H,11H2,1-2H3. The molecular formula is C19H19BrN2OS2. The molecule has 25 heavy (non-hydrogen) atoms. The van der Waals surface area contributed by atoms with E-state index in [1.165, 1.54) is 23.1 Å². The Hall–Kier alpha value is -1.37. The SMILES string of the molecule is CC(C)c1ccsc1C(=O)SC(Cn1ccnc1)c1ccc(Br)cc1. The van der Waals surface area contributed by atoms with E-state index < -0.39 is 0 Å². The quantitative estimate of drug-likeness (QED) is 0.466. The fraction of sp³-hybridized carbons (Fsp3) is 0.263. The minimum Gasteiger partial charge on any atom is -0.336 e. The molecule has 0 amide bonds. The fourth-order valence-electron chi connectivity index (χ4n) is 2.60. The van der Waals surface area contributed by atoms with E-state index in [0.29, 0.717) is 12.5 Å².